The molecule has 0 amide bonds. The Bertz CT molecular complexity index is 1120. The van der Waals surface area contributed by atoms with Crippen molar-refractivity contribution in [2.75, 3.05) is 13.2 Å². The van der Waals surface area contributed by atoms with Crippen LogP contribution in [0.5, 0.6) is 0 Å². The molecule has 2 heterocycles. The second-order valence-corrected chi connectivity index (χ2v) is 6.56. The van der Waals surface area contributed by atoms with Crippen LogP contribution in [0.2, 0.25) is 0 Å². The molecule has 0 N–H and O–H groups in total. The van der Waals surface area contributed by atoms with Crippen molar-refractivity contribution < 1.29 is 19.1 Å². The number of aryl methyl sites for hydroxylation is 1. The molecular weight excluding hydrogens is 382 g/mol. The minimum absolute atomic E-state index is 0.150. The van der Waals surface area contributed by atoms with E-state index in [0.29, 0.717) is 16.8 Å². The van der Waals surface area contributed by atoms with Crippen molar-refractivity contribution in [2.45, 2.75) is 33.6 Å². The van der Waals surface area contributed by atoms with Crippen LogP contribution in [0.25, 0.3) is 16.6 Å². The predicted octanol–water partition coefficient (Wildman–Crippen LogP) is 3.72. The van der Waals surface area contributed by atoms with Gasteiger partial charge in [0.1, 0.15) is 0 Å². The summed E-state index contributed by atoms with van der Waals surface area (Å²) in [7, 11) is 0. The molecule has 2 aromatic heterocycles. The summed E-state index contributed by atoms with van der Waals surface area (Å²) in [6.07, 6.45) is 0.577. The summed E-state index contributed by atoms with van der Waals surface area (Å²) >= 11 is 0. The van der Waals surface area contributed by atoms with Crippen LogP contribution in [0, 0.1) is 11.3 Å². The number of hydrogen-bond donors (Lipinski definition) is 0. The molecule has 1 aromatic carbocycles. The van der Waals surface area contributed by atoms with Gasteiger partial charge in [0.25, 0.3) is 0 Å². The lowest BCUT2D eigenvalue weighted by Gasteiger charge is -2.16. The molecule has 3 rings (SSSR count). The highest BCUT2D eigenvalue weighted by Gasteiger charge is 2.26. The number of rotatable bonds is 7. The van der Waals surface area contributed by atoms with Gasteiger partial charge in [-0.2, -0.15) is 10.4 Å². The third-order valence-corrected chi connectivity index (χ3v) is 4.71. The first kappa shape index (κ1) is 21.1. The first-order valence-electron chi connectivity index (χ1n) is 9.90. The van der Waals surface area contributed by atoms with E-state index in [2.05, 4.69) is 11.2 Å². The van der Waals surface area contributed by atoms with Gasteiger partial charge in [-0.05, 0) is 50.1 Å². The van der Waals surface area contributed by atoms with Crippen LogP contribution in [-0.4, -0.2) is 34.8 Å². The number of carbonyl (C=O) groups is 2. The number of benzene rings is 1. The van der Waals surface area contributed by atoms with Crippen molar-refractivity contribution in [3.05, 3.63) is 58.9 Å². The molecule has 7 heteroatoms. The van der Waals surface area contributed by atoms with Gasteiger partial charge >= 0.3 is 11.9 Å². The maximum absolute atomic E-state index is 13.0. The molecule has 0 aliphatic rings. The smallest absolute Gasteiger partial charge is 0.340 e. The van der Waals surface area contributed by atoms with Crippen LogP contribution in [-0.2, 0) is 27.1 Å². The summed E-state index contributed by atoms with van der Waals surface area (Å²) in [4.78, 5) is 25.2. The normalized spacial score (nSPS) is 10.6. The Hall–Kier alpha value is -3.66. The number of aromatic nitrogens is 2. The van der Waals surface area contributed by atoms with E-state index in [1.165, 1.54) is 0 Å². The fourth-order valence-corrected chi connectivity index (χ4v) is 3.39. The van der Waals surface area contributed by atoms with Crippen LogP contribution in [0.4, 0.5) is 0 Å². The standard InChI is InChI=1S/C23H23N3O4/c1-4-17-11-12-19-21(16-9-7-15(14-24)8-10-16)22(23(28)30-6-3)18(25-26(17)19)13-20(27)29-5-2/h7-12H,4-6,13H2,1-3H3. The molecule has 0 radical (unpaired) electrons. The molecule has 0 unspecified atom stereocenters. The van der Waals surface area contributed by atoms with E-state index in [-0.39, 0.29) is 25.2 Å². The molecule has 0 bridgehead atoms. The van der Waals surface area contributed by atoms with Gasteiger partial charge in [0.15, 0.2) is 0 Å². The first-order valence-corrected chi connectivity index (χ1v) is 9.90. The second kappa shape index (κ2) is 9.23. The quantitative estimate of drug-likeness (QED) is 0.556. The van der Waals surface area contributed by atoms with E-state index in [4.69, 9.17) is 14.7 Å². The average molecular weight is 405 g/mol. The molecular formula is C23H23N3O4. The third-order valence-electron chi connectivity index (χ3n) is 4.71. The molecule has 154 valence electrons. The maximum atomic E-state index is 13.0. The number of nitrogens with zero attached hydrogens (tertiary/aromatic N) is 3. The summed E-state index contributed by atoms with van der Waals surface area (Å²) in [5, 5.41) is 13.7. The molecule has 30 heavy (non-hydrogen) atoms. The van der Waals surface area contributed by atoms with Crippen molar-refractivity contribution in [2.24, 2.45) is 0 Å². The Morgan fingerprint density at radius 3 is 2.33 bits per heavy atom. The lowest BCUT2D eigenvalue weighted by molar-refractivity contribution is -0.142. The van der Waals surface area contributed by atoms with Crippen molar-refractivity contribution >= 4 is 17.5 Å². The SMILES string of the molecule is CCOC(=O)Cc1nn2c(CC)ccc2c(-c2ccc(C#N)cc2)c1C(=O)OCC. The fourth-order valence-electron chi connectivity index (χ4n) is 3.39. The van der Waals surface area contributed by atoms with E-state index in [0.717, 1.165) is 23.2 Å². The Balaban J connectivity index is 2.34. The van der Waals surface area contributed by atoms with E-state index in [1.807, 2.05) is 19.1 Å². The number of carbonyl (C=O) groups excluding carboxylic acids is 2. The molecule has 0 aliphatic carbocycles. The highest BCUT2D eigenvalue weighted by atomic mass is 16.5. The molecule has 0 saturated carbocycles. The maximum Gasteiger partial charge on any atom is 0.340 e. The van der Waals surface area contributed by atoms with Crippen LogP contribution in [0.15, 0.2) is 36.4 Å². The van der Waals surface area contributed by atoms with Crippen molar-refractivity contribution in [3.63, 3.8) is 0 Å². The van der Waals surface area contributed by atoms with Crippen LogP contribution in [0.1, 0.15) is 48.1 Å². The van der Waals surface area contributed by atoms with Gasteiger partial charge in [0.05, 0.1) is 48.0 Å². The van der Waals surface area contributed by atoms with Crippen LogP contribution >= 0.6 is 0 Å². The van der Waals surface area contributed by atoms with Gasteiger partial charge in [0.2, 0.25) is 0 Å². The van der Waals surface area contributed by atoms with Gasteiger partial charge in [-0.3, -0.25) is 4.79 Å². The molecule has 0 atom stereocenters. The number of ether oxygens (including phenoxy) is 2. The lowest BCUT2D eigenvalue weighted by Crippen LogP contribution is -2.19. The van der Waals surface area contributed by atoms with Gasteiger partial charge in [0, 0.05) is 11.3 Å². The number of fused-ring (bicyclic) bond motifs is 1. The molecule has 0 fully saturated rings. The average Bonchev–Trinajstić information content (AvgIpc) is 3.15. The van der Waals surface area contributed by atoms with E-state index in [9.17, 15) is 9.59 Å². The van der Waals surface area contributed by atoms with Gasteiger partial charge < -0.3 is 9.47 Å². The lowest BCUT2D eigenvalue weighted by atomic mass is 9.96. The van der Waals surface area contributed by atoms with Crippen LogP contribution < -0.4 is 0 Å². The minimum Gasteiger partial charge on any atom is -0.466 e. The molecule has 7 nitrogen and oxygen atoms in total. The summed E-state index contributed by atoms with van der Waals surface area (Å²) in [6, 6.07) is 12.9. The summed E-state index contributed by atoms with van der Waals surface area (Å²) in [6.45, 7) is 5.89. The number of hydrogen-bond acceptors (Lipinski definition) is 6. The molecule has 3 aromatic rings. The number of esters is 2. The second-order valence-electron chi connectivity index (χ2n) is 6.56. The van der Waals surface area contributed by atoms with Gasteiger partial charge in [-0.25, -0.2) is 9.31 Å². The molecule has 0 saturated heterocycles. The van der Waals surface area contributed by atoms with E-state index >= 15 is 0 Å². The highest BCUT2D eigenvalue weighted by molar-refractivity contribution is 6.03. The number of nitriles is 1. The predicted molar refractivity (Wildman–Crippen MR) is 111 cm³/mol. The first-order chi connectivity index (χ1) is 14.5. The molecule has 0 aliphatic heterocycles. The monoisotopic (exact) mass is 405 g/mol. The van der Waals surface area contributed by atoms with Gasteiger partial charge in [-0.15, -0.1) is 0 Å². The Morgan fingerprint density at radius 2 is 1.73 bits per heavy atom. The largest absolute Gasteiger partial charge is 0.466 e. The van der Waals surface area contributed by atoms with Crippen molar-refractivity contribution in [1.29, 1.82) is 5.26 Å². The summed E-state index contributed by atoms with van der Waals surface area (Å²) in [5.41, 5.74) is 4.07. The fraction of sp³-hybridized carbons (Fsp3) is 0.304. The topological polar surface area (TPSA) is 93.7 Å². The zero-order valence-corrected chi connectivity index (χ0v) is 17.3. The van der Waals surface area contributed by atoms with E-state index < -0.39 is 11.9 Å². The third kappa shape index (κ3) is 4.03. The van der Waals surface area contributed by atoms with Crippen molar-refractivity contribution in [1.82, 2.24) is 9.61 Å². The molecule has 0 spiro atoms. The highest BCUT2D eigenvalue weighted by Crippen LogP contribution is 2.32. The van der Waals surface area contributed by atoms with Crippen molar-refractivity contribution in [3.8, 4) is 17.2 Å². The summed E-state index contributed by atoms with van der Waals surface area (Å²) in [5.74, 6) is -1.02. The summed E-state index contributed by atoms with van der Waals surface area (Å²) < 4.78 is 12.2. The minimum atomic E-state index is -0.551. The van der Waals surface area contributed by atoms with Crippen LogP contribution in [0.3, 0.4) is 0 Å². The zero-order chi connectivity index (χ0) is 21.7. The van der Waals surface area contributed by atoms with Gasteiger partial charge in [-0.1, -0.05) is 19.1 Å². The Morgan fingerprint density at radius 1 is 1.03 bits per heavy atom. The Labute approximate surface area is 174 Å². The Kier molecular flexibility index (Phi) is 6.48. The van der Waals surface area contributed by atoms with E-state index in [1.54, 1.807) is 42.6 Å². The zero-order valence-electron chi connectivity index (χ0n) is 17.3.